The summed E-state index contributed by atoms with van der Waals surface area (Å²) in [4.78, 5) is 0. The standard InChI is InChI=1S/C14H14N2O/c1-11-8-9-13(17-2)10-14(11)16-15-12-6-4-3-5-7-12/h3-10H,1-2H3. The Morgan fingerprint density at radius 1 is 0.941 bits per heavy atom. The van der Waals surface area contributed by atoms with Gasteiger partial charge in [-0.1, -0.05) is 24.3 Å². The molecule has 0 amide bonds. The minimum atomic E-state index is 0.789. The van der Waals surface area contributed by atoms with E-state index in [1.54, 1.807) is 7.11 Å². The van der Waals surface area contributed by atoms with Crippen LogP contribution in [0.15, 0.2) is 58.8 Å². The topological polar surface area (TPSA) is 34.0 Å². The number of azo groups is 1. The molecule has 0 radical (unpaired) electrons. The summed E-state index contributed by atoms with van der Waals surface area (Å²) in [5.41, 5.74) is 2.74. The summed E-state index contributed by atoms with van der Waals surface area (Å²) in [6, 6.07) is 15.4. The fourth-order valence-corrected chi connectivity index (χ4v) is 1.43. The Morgan fingerprint density at radius 2 is 1.71 bits per heavy atom. The molecule has 0 saturated carbocycles. The second-order valence-electron chi connectivity index (χ2n) is 3.69. The van der Waals surface area contributed by atoms with Crippen molar-refractivity contribution in [3.05, 3.63) is 54.1 Å². The molecular weight excluding hydrogens is 212 g/mol. The summed E-state index contributed by atoms with van der Waals surface area (Å²) in [7, 11) is 1.64. The molecule has 17 heavy (non-hydrogen) atoms. The Hall–Kier alpha value is -2.16. The molecule has 0 N–H and O–H groups in total. The smallest absolute Gasteiger partial charge is 0.121 e. The van der Waals surface area contributed by atoms with Crippen molar-refractivity contribution in [3.63, 3.8) is 0 Å². The molecule has 0 spiro atoms. The highest BCUT2D eigenvalue weighted by Gasteiger charge is 1.99. The molecule has 2 rings (SSSR count). The van der Waals surface area contributed by atoms with Crippen molar-refractivity contribution in [3.8, 4) is 5.75 Å². The van der Waals surface area contributed by atoms with Gasteiger partial charge in [0.1, 0.15) is 5.75 Å². The summed E-state index contributed by atoms with van der Waals surface area (Å²) < 4.78 is 5.16. The van der Waals surface area contributed by atoms with E-state index in [1.807, 2.05) is 55.5 Å². The summed E-state index contributed by atoms with van der Waals surface area (Å²) in [6.45, 7) is 2.00. The second kappa shape index (κ2) is 5.25. The first-order valence-corrected chi connectivity index (χ1v) is 5.41. The highest BCUT2D eigenvalue weighted by Crippen LogP contribution is 2.26. The summed E-state index contributed by atoms with van der Waals surface area (Å²) >= 11 is 0. The number of hydrogen-bond acceptors (Lipinski definition) is 3. The normalized spacial score (nSPS) is 10.7. The van der Waals surface area contributed by atoms with Gasteiger partial charge in [0.2, 0.25) is 0 Å². The van der Waals surface area contributed by atoms with Gasteiger partial charge in [0.25, 0.3) is 0 Å². The van der Waals surface area contributed by atoms with Crippen LogP contribution in [0.1, 0.15) is 5.56 Å². The zero-order valence-electron chi connectivity index (χ0n) is 9.92. The quantitative estimate of drug-likeness (QED) is 0.713. The Morgan fingerprint density at radius 3 is 2.41 bits per heavy atom. The predicted molar refractivity (Wildman–Crippen MR) is 68.3 cm³/mol. The maximum absolute atomic E-state index is 5.16. The Bertz CT molecular complexity index is 521. The average molecular weight is 226 g/mol. The van der Waals surface area contributed by atoms with Crippen LogP contribution in [0.25, 0.3) is 0 Å². The zero-order chi connectivity index (χ0) is 12.1. The van der Waals surface area contributed by atoms with E-state index in [2.05, 4.69) is 10.2 Å². The third-order valence-corrected chi connectivity index (χ3v) is 2.45. The van der Waals surface area contributed by atoms with Crippen molar-refractivity contribution < 1.29 is 4.74 Å². The monoisotopic (exact) mass is 226 g/mol. The Balaban J connectivity index is 2.26. The van der Waals surface area contributed by atoms with Crippen molar-refractivity contribution in [1.82, 2.24) is 0 Å². The number of methoxy groups -OCH3 is 1. The van der Waals surface area contributed by atoms with Gasteiger partial charge in [0.15, 0.2) is 0 Å². The molecule has 0 aromatic heterocycles. The van der Waals surface area contributed by atoms with Gasteiger partial charge < -0.3 is 4.74 Å². The fraction of sp³-hybridized carbons (Fsp3) is 0.143. The minimum absolute atomic E-state index is 0.789. The number of aryl methyl sites for hydroxylation is 1. The highest BCUT2D eigenvalue weighted by molar-refractivity contribution is 5.50. The number of nitrogens with zero attached hydrogens (tertiary/aromatic N) is 2. The first-order valence-electron chi connectivity index (χ1n) is 5.41. The van der Waals surface area contributed by atoms with Crippen LogP contribution in [-0.4, -0.2) is 7.11 Å². The predicted octanol–water partition coefficient (Wildman–Crippen LogP) is 4.42. The first kappa shape index (κ1) is 11.3. The lowest BCUT2D eigenvalue weighted by atomic mass is 10.2. The molecule has 0 bridgehead atoms. The molecule has 3 nitrogen and oxygen atoms in total. The van der Waals surface area contributed by atoms with Crippen LogP contribution < -0.4 is 4.74 Å². The third-order valence-electron chi connectivity index (χ3n) is 2.45. The van der Waals surface area contributed by atoms with Gasteiger partial charge in [-0.15, -0.1) is 0 Å². The minimum Gasteiger partial charge on any atom is -0.497 e. The van der Waals surface area contributed by atoms with Crippen molar-refractivity contribution in [1.29, 1.82) is 0 Å². The number of rotatable bonds is 3. The molecule has 0 aliphatic carbocycles. The zero-order valence-corrected chi connectivity index (χ0v) is 9.92. The molecule has 2 aromatic carbocycles. The van der Waals surface area contributed by atoms with Crippen molar-refractivity contribution >= 4 is 11.4 Å². The van der Waals surface area contributed by atoms with Crippen LogP contribution in [-0.2, 0) is 0 Å². The van der Waals surface area contributed by atoms with E-state index in [1.165, 1.54) is 0 Å². The maximum atomic E-state index is 5.16. The van der Waals surface area contributed by atoms with Crippen LogP contribution in [0.4, 0.5) is 11.4 Å². The van der Waals surface area contributed by atoms with Gasteiger partial charge >= 0.3 is 0 Å². The van der Waals surface area contributed by atoms with E-state index in [0.717, 1.165) is 22.7 Å². The van der Waals surface area contributed by atoms with E-state index >= 15 is 0 Å². The van der Waals surface area contributed by atoms with Crippen LogP contribution in [0, 0.1) is 6.92 Å². The van der Waals surface area contributed by atoms with E-state index in [0.29, 0.717) is 0 Å². The molecule has 0 saturated heterocycles. The van der Waals surface area contributed by atoms with E-state index in [4.69, 9.17) is 4.74 Å². The van der Waals surface area contributed by atoms with Gasteiger partial charge in [0.05, 0.1) is 18.5 Å². The molecule has 2 aromatic rings. The number of ether oxygens (including phenoxy) is 1. The van der Waals surface area contributed by atoms with Crippen LogP contribution in [0.3, 0.4) is 0 Å². The molecule has 3 heteroatoms. The molecule has 0 aliphatic heterocycles. The number of hydrogen-bond donors (Lipinski definition) is 0. The third kappa shape index (κ3) is 2.91. The van der Waals surface area contributed by atoms with E-state index in [-0.39, 0.29) is 0 Å². The van der Waals surface area contributed by atoms with Crippen molar-refractivity contribution in [2.75, 3.05) is 7.11 Å². The average Bonchev–Trinajstić information content (AvgIpc) is 2.39. The van der Waals surface area contributed by atoms with Gasteiger partial charge in [0, 0.05) is 6.07 Å². The van der Waals surface area contributed by atoms with E-state index < -0.39 is 0 Å². The SMILES string of the molecule is COc1ccc(C)c(N=Nc2ccccc2)c1. The molecule has 86 valence electrons. The van der Waals surface area contributed by atoms with Crippen molar-refractivity contribution in [2.45, 2.75) is 6.92 Å². The highest BCUT2D eigenvalue weighted by atomic mass is 16.5. The molecule has 0 aliphatic rings. The van der Waals surface area contributed by atoms with Gasteiger partial charge in [-0.2, -0.15) is 10.2 Å². The van der Waals surface area contributed by atoms with Crippen LogP contribution >= 0.6 is 0 Å². The lowest BCUT2D eigenvalue weighted by molar-refractivity contribution is 0.415. The lowest BCUT2D eigenvalue weighted by Gasteiger charge is -2.02. The fourth-order valence-electron chi connectivity index (χ4n) is 1.43. The summed E-state index contributed by atoms with van der Waals surface area (Å²) in [5, 5.41) is 8.41. The molecular formula is C14H14N2O. The summed E-state index contributed by atoms with van der Waals surface area (Å²) in [6.07, 6.45) is 0. The Kier molecular flexibility index (Phi) is 3.50. The molecule has 0 heterocycles. The van der Waals surface area contributed by atoms with E-state index in [9.17, 15) is 0 Å². The number of benzene rings is 2. The van der Waals surface area contributed by atoms with Gasteiger partial charge in [-0.05, 0) is 30.7 Å². The summed E-state index contributed by atoms with van der Waals surface area (Å²) in [5.74, 6) is 0.789. The largest absolute Gasteiger partial charge is 0.497 e. The second-order valence-corrected chi connectivity index (χ2v) is 3.69. The maximum Gasteiger partial charge on any atom is 0.121 e. The Labute approximate surface area is 101 Å². The first-order chi connectivity index (χ1) is 8.29. The van der Waals surface area contributed by atoms with Crippen molar-refractivity contribution in [2.24, 2.45) is 10.2 Å². The van der Waals surface area contributed by atoms with Gasteiger partial charge in [-0.3, -0.25) is 0 Å². The lowest BCUT2D eigenvalue weighted by Crippen LogP contribution is -1.82. The van der Waals surface area contributed by atoms with Crippen LogP contribution in [0.5, 0.6) is 5.75 Å². The molecule has 0 fully saturated rings. The molecule has 0 atom stereocenters. The van der Waals surface area contributed by atoms with Gasteiger partial charge in [-0.25, -0.2) is 0 Å². The van der Waals surface area contributed by atoms with Crippen LogP contribution in [0.2, 0.25) is 0 Å². The molecule has 0 unspecified atom stereocenters.